The van der Waals surface area contributed by atoms with Crippen LogP contribution in [0, 0.1) is 11.8 Å². The van der Waals surface area contributed by atoms with E-state index in [0.717, 1.165) is 13.1 Å². The highest BCUT2D eigenvalue weighted by molar-refractivity contribution is 5.80. The van der Waals surface area contributed by atoms with Gasteiger partial charge in [0, 0.05) is 19.5 Å². The zero-order chi connectivity index (χ0) is 11.5. The van der Waals surface area contributed by atoms with Gasteiger partial charge in [-0.1, -0.05) is 0 Å². The molecule has 1 amide bonds. The standard InChI is InChI=1S/C12H19NO3/c14-11(5-6-12(15)16)13(7-9-1-2-9)8-10-3-4-10/h9-10H,1-8H2,(H,15,16). The number of aliphatic carboxylic acids is 1. The minimum Gasteiger partial charge on any atom is -0.481 e. The second kappa shape index (κ2) is 4.85. The Labute approximate surface area is 95.6 Å². The predicted octanol–water partition coefficient (Wildman–Crippen LogP) is 1.50. The van der Waals surface area contributed by atoms with Gasteiger partial charge in [0.2, 0.25) is 5.91 Å². The summed E-state index contributed by atoms with van der Waals surface area (Å²) >= 11 is 0. The Morgan fingerprint density at radius 1 is 1.00 bits per heavy atom. The van der Waals surface area contributed by atoms with Gasteiger partial charge in [0.25, 0.3) is 0 Å². The molecular weight excluding hydrogens is 206 g/mol. The largest absolute Gasteiger partial charge is 0.481 e. The third kappa shape index (κ3) is 3.83. The van der Waals surface area contributed by atoms with Gasteiger partial charge >= 0.3 is 5.97 Å². The first-order valence-corrected chi connectivity index (χ1v) is 6.14. The first kappa shape index (κ1) is 11.4. The van der Waals surface area contributed by atoms with Gasteiger partial charge in [-0.25, -0.2) is 0 Å². The molecule has 0 bridgehead atoms. The summed E-state index contributed by atoms with van der Waals surface area (Å²) in [6.45, 7) is 1.71. The first-order valence-electron chi connectivity index (χ1n) is 6.14. The molecule has 4 heteroatoms. The zero-order valence-electron chi connectivity index (χ0n) is 9.52. The molecule has 0 aromatic heterocycles. The van der Waals surface area contributed by atoms with Crippen molar-refractivity contribution in [3.8, 4) is 0 Å². The van der Waals surface area contributed by atoms with Crippen LogP contribution in [0.4, 0.5) is 0 Å². The third-order valence-corrected chi connectivity index (χ3v) is 3.26. The van der Waals surface area contributed by atoms with Crippen molar-refractivity contribution >= 4 is 11.9 Å². The number of rotatable bonds is 7. The van der Waals surface area contributed by atoms with Crippen molar-refractivity contribution in [2.75, 3.05) is 13.1 Å². The van der Waals surface area contributed by atoms with Crippen molar-refractivity contribution in [2.24, 2.45) is 11.8 Å². The monoisotopic (exact) mass is 225 g/mol. The molecule has 2 saturated carbocycles. The topological polar surface area (TPSA) is 57.6 Å². The van der Waals surface area contributed by atoms with E-state index in [0.29, 0.717) is 11.8 Å². The summed E-state index contributed by atoms with van der Waals surface area (Å²) in [7, 11) is 0. The molecule has 0 atom stereocenters. The lowest BCUT2D eigenvalue weighted by Crippen LogP contribution is -2.34. The van der Waals surface area contributed by atoms with Gasteiger partial charge in [-0.2, -0.15) is 0 Å². The fourth-order valence-electron chi connectivity index (χ4n) is 1.87. The fourth-order valence-corrected chi connectivity index (χ4v) is 1.87. The summed E-state index contributed by atoms with van der Waals surface area (Å²) in [5, 5.41) is 8.56. The summed E-state index contributed by atoms with van der Waals surface area (Å²) < 4.78 is 0. The van der Waals surface area contributed by atoms with Gasteiger partial charge in [-0.3, -0.25) is 9.59 Å². The third-order valence-electron chi connectivity index (χ3n) is 3.26. The molecule has 2 aliphatic rings. The average molecular weight is 225 g/mol. The highest BCUT2D eigenvalue weighted by Gasteiger charge is 2.31. The Morgan fingerprint density at radius 3 is 1.88 bits per heavy atom. The van der Waals surface area contributed by atoms with E-state index in [1.54, 1.807) is 0 Å². The highest BCUT2D eigenvalue weighted by Crippen LogP contribution is 2.33. The molecule has 0 aromatic rings. The van der Waals surface area contributed by atoms with Crippen molar-refractivity contribution in [3.63, 3.8) is 0 Å². The smallest absolute Gasteiger partial charge is 0.303 e. The first-order chi connectivity index (χ1) is 7.65. The van der Waals surface area contributed by atoms with Crippen LogP contribution in [0.1, 0.15) is 38.5 Å². The predicted molar refractivity (Wildman–Crippen MR) is 58.9 cm³/mol. The van der Waals surface area contributed by atoms with Gasteiger partial charge < -0.3 is 10.0 Å². The lowest BCUT2D eigenvalue weighted by atomic mass is 10.2. The van der Waals surface area contributed by atoms with Crippen LogP contribution >= 0.6 is 0 Å². The number of hydrogen-bond donors (Lipinski definition) is 1. The van der Waals surface area contributed by atoms with E-state index in [9.17, 15) is 9.59 Å². The number of carboxylic acid groups (broad SMARTS) is 1. The minimum atomic E-state index is -0.883. The minimum absolute atomic E-state index is 0.0289. The molecule has 0 saturated heterocycles. The maximum absolute atomic E-state index is 11.8. The molecule has 4 nitrogen and oxygen atoms in total. The van der Waals surface area contributed by atoms with Crippen LogP contribution < -0.4 is 0 Å². The molecule has 2 rings (SSSR count). The molecule has 90 valence electrons. The summed E-state index contributed by atoms with van der Waals surface area (Å²) in [5.74, 6) is 0.521. The van der Waals surface area contributed by atoms with E-state index in [2.05, 4.69) is 0 Å². The maximum Gasteiger partial charge on any atom is 0.303 e. The molecule has 0 aliphatic heterocycles. The highest BCUT2D eigenvalue weighted by atomic mass is 16.4. The normalized spacial score (nSPS) is 19.5. The SMILES string of the molecule is O=C(O)CCC(=O)N(CC1CC1)CC1CC1. The fraction of sp³-hybridized carbons (Fsp3) is 0.833. The van der Waals surface area contributed by atoms with E-state index in [1.165, 1.54) is 25.7 Å². The van der Waals surface area contributed by atoms with E-state index < -0.39 is 5.97 Å². The molecule has 0 aromatic carbocycles. The van der Waals surface area contributed by atoms with Crippen LogP contribution in [0.2, 0.25) is 0 Å². The van der Waals surface area contributed by atoms with E-state index >= 15 is 0 Å². The number of carboxylic acids is 1. The summed E-state index contributed by atoms with van der Waals surface area (Å²) in [4.78, 5) is 24.2. The van der Waals surface area contributed by atoms with Crippen molar-refractivity contribution in [2.45, 2.75) is 38.5 Å². The maximum atomic E-state index is 11.8. The Balaban J connectivity index is 1.77. The quantitative estimate of drug-likeness (QED) is 0.714. The number of hydrogen-bond acceptors (Lipinski definition) is 2. The molecule has 2 fully saturated rings. The summed E-state index contributed by atoms with van der Waals surface area (Å²) in [6.07, 6.45) is 5.04. The second-order valence-corrected chi connectivity index (χ2v) is 5.08. The zero-order valence-corrected chi connectivity index (χ0v) is 9.52. The molecule has 2 aliphatic carbocycles. The van der Waals surface area contributed by atoms with Gasteiger partial charge in [0.1, 0.15) is 0 Å². The average Bonchev–Trinajstić information content (AvgIpc) is 3.06. The van der Waals surface area contributed by atoms with Crippen LogP contribution in [0.5, 0.6) is 0 Å². The lowest BCUT2D eigenvalue weighted by molar-refractivity contribution is -0.141. The van der Waals surface area contributed by atoms with Crippen molar-refractivity contribution in [3.05, 3.63) is 0 Å². The molecular formula is C12H19NO3. The van der Waals surface area contributed by atoms with Crippen LogP contribution in [-0.2, 0) is 9.59 Å². The van der Waals surface area contributed by atoms with E-state index in [-0.39, 0.29) is 18.7 Å². The summed E-state index contributed by atoms with van der Waals surface area (Å²) in [6, 6.07) is 0. The number of amides is 1. The van der Waals surface area contributed by atoms with Crippen LogP contribution in [0.15, 0.2) is 0 Å². The summed E-state index contributed by atoms with van der Waals surface area (Å²) in [5.41, 5.74) is 0. The number of carbonyl (C=O) groups is 2. The Hall–Kier alpha value is -1.06. The lowest BCUT2D eigenvalue weighted by Gasteiger charge is -2.22. The van der Waals surface area contributed by atoms with Gasteiger partial charge in [0.15, 0.2) is 0 Å². The Kier molecular flexibility index (Phi) is 3.46. The number of nitrogens with zero attached hydrogens (tertiary/aromatic N) is 1. The van der Waals surface area contributed by atoms with Crippen LogP contribution in [-0.4, -0.2) is 35.0 Å². The van der Waals surface area contributed by atoms with Gasteiger partial charge in [-0.05, 0) is 37.5 Å². The van der Waals surface area contributed by atoms with E-state index in [4.69, 9.17) is 5.11 Å². The Morgan fingerprint density at radius 2 is 1.50 bits per heavy atom. The van der Waals surface area contributed by atoms with Crippen molar-refractivity contribution < 1.29 is 14.7 Å². The molecule has 0 unspecified atom stereocenters. The Bertz CT molecular complexity index is 268. The van der Waals surface area contributed by atoms with Crippen molar-refractivity contribution in [1.29, 1.82) is 0 Å². The molecule has 0 heterocycles. The van der Waals surface area contributed by atoms with E-state index in [1.807, 2.05) is 4.90 Å². The van der Waals surface area contributed by atoms with Crippen molar-refractivity contribution in [1.82, 2.24) is 4.90 Å². The molecule has 0 radical (unpaired) electrons. The van der Waals surface area contributed by atoms with Crippen LogP contribution in [0.25, 0.3) is 0 Å². The molecule has 0 spiro atoms. The second-order valence-electron chi connectivity index (χ2n) is 5.08. The van der Waals surface area contributed by atoms with Gasteiger partial charge in [0.05, 0.1) is 6.42 Å². The number of carbonyl (C=O) groups excluding carboxylic acids is 1. The molecule has 16 heavy (non-hydrogen) atoms. The van der Waals surface area contributed by atoms with Crippen LogP contribution in [0.3, 0.4) is 0 Å². The molecule has 1 N–H and O–H groups in total. The van der Waals surface area contributed by atoms with Gasteiger partial charge in [-0.15, -0.1) is 0 Å².